The molecule has 0 bridgehead atoms. The smallest absolute Gasteiger partial charge is 0.0593 e. The molecule has 3 heteroatoms. The third kappa shape index (κ3) is 7.02. The molecule has 1 saturated heterocycles. The fraction of sp³-hybridized carbons (Fsp3) is 1.00. The summed E-state index contributed by atoms with van der Waals surface area (Å²) in [5.41, 5.74) is 0. The van der Waals surface area contributed by atoms with Crippen molar-refractivity contribution >= 4 is 0 Å². The summed E-state index contributed by atoms with van der Waals surface area (Å²) in [5, 5.41) is 3.69. The standard InChI is InChI=1S/C14H30N2O/c1-3-16(11-12-17-4-2)13-14-9-7-5-6-8-10-15-14/h14-15H,3-13H2,1-2H3. The van der Waals surface area contributed by atoms with E-state index in [1.165, 1.54) is 45.2 Å². The van der Waals surface area contributed by atoms with Gasteiger partial charge >= 0.3 is 0 Å². The van der Waals surface area contributed by atoms with Gasteiger partial charge in [-0.3, -0.25) is 4.90 Å². The van der Waals surface area contributed by atoms with E-state index in [9.17, 15) is 0 Å². The van der Waals surface area contributed by atoms with Crippen LogP contribution in [-0.4, -0.2) is 50.3 Å². The second-order valence-corrected chi connectivity index (χ2v) is 4.94. The molecule has 17 heavy (non-hydrogen) atoms. The van der Waals surface area contributed by atoms with Gasteiger partial charge < -0.3 is 10.1 Å². The molecule has 1 N–H and O–H groups in total. The largest absolute Gasteiger partial charge is 0.380 e. The van der Waals surface area contributed by atoms with Gasteiger partial charge in [-0.25, -0.2) is 0 Å². The molecule has 0 saturated carbocycles. The van der Waals surface area contributed by atoms with Gasteiger partial charge in [-0.2, -0.15) is 0 Å². The van der Waals surface area contributed by atoms with Gasteiger partial charge in [0.15, 0.2) is 0 Å². The molecular formula is C14H30N2O. The molecule has 0 radical (unpaired) electrons. The van der Waals surface area contributed by atoms with Gasteiger partial charge in [0.2, 0.25) is 0 Å². The van der Waals surface area contributed by atoms with E-state index < -0.39 is 0 Å². The number of rotatable bonds is 7. The highest BCUT2D eigenvalue weighted by Gasteiger charge is 2.13. The van der Waals surface area contributed by atoms with Crippen molar-refractivity contribution < 1.29 is 4.74 Å². The Labute approximate surface area is 107 Å². The molecule has 1 heterocycles. The summed E-state index contributed by atoms with van der Waals surface area (Å²) in [6, 6.07) is 0.692. The normalized spacial score (nSPS) is 22.4. The van der Waals surface area contributed by atoms with E-state index in [4.69, 9.17) is 4.74 Å². The number of nitrogens with one attached hydrogen (secondary N) is 1. The third-order valence-electron chi connectivity index (χ3n) is 3.59. The molecular weight excluding hydrogens is 212 g/mol. The minimum atomic E-state index is 0.692. The van der Waals surface area contributed by atoms with Crippen LogP contribution in [0.15, 0.2) is 0 Å². The molecule has 3 nitrogen and oxygen atoms in total. The highest BCUT2D eigenvalue weighted by atomic mass is 16.5. The summed E-state index contributed by atoms with van der Waals surface area (Å²) >= 11 is 0. The minimum Gasteiger partial charge on any atom is -0.380 e. The number of hydrogen-bond donors (Lipinski definition) is 1. The quantitative estimate of drug-likeness (QED) is 0.693. The first-order valence-electron chi connectivity index (χ1n) is 7.40. The van der Waals surface area contributed by atoms with E-state index in [2.05, 4.69) is 24.1 Å². The van der Waals surface area contributed by atoms with Crippen molar-refractivity contribution in [1.29, 1.82) is 0 Å². The van der Waals surface area contributed by atoms with Gasteiger partial charge in [-0.05, 0) is 32.9 Å². The average molecular weight is 242 g/mol. The van der Waals surface area contributed by atoms with E-state index in [0.717, 1.165) is 26.3 Å². The Kier molecular flexibility index (Phi) is 8.67. The number of ether oxygens (including phenoxy) is 1. The fourth-order valence-electron chi connectivity index (χ4n) is 2.46. The summed E-state index contributed by atoms with van der Waals surface area (Å²) in [5.74, 6) is 0. The number of nitrogens with zero attached hydrogens (tertiary/aromatic N) is 1. The number of hydrogen-bond acceptors (Lipinski definition) is 3. The van der Waals surface area contributed by atoms with E-state index in [0.29, 0.717) is 6.04 Å². The van der Waals surface area contributed by atoms with Crippen LogP contribution in [0.3, 0.4) is 0 Å². The summed E-state index contributed by atoms with van der Waals surface area (Å²) in [6.07, 6.45) is 6.90. The summed E-state index contributed by atoms with van der Waals surface area (Å²) in [4.78, 5) is 2.51. The zero-order chi connectivity index (χ0) is 12.3. The van der Waals surface area contributed by atoms with Crippen molar-refractivity contribution in [2.45, 2.75) is 52.0 Å². The van der Waals surface area contributed by atoms with Crippen LogP contribution in [-0.2, 0) is 4.74 Å². The zero-order valence-corrected chi connectivity index (χ0v) is 11.7. The molecule has 1 fully saturated rings. The van der Waals surface area contributed by atoms with Gasteiger partial charge in [0.25, 0.3) is 0 Å². The van der Waals surface area contributed by atoms with Gasteiger partial charge in [0.1, 0.15) is 0 Å². The summed E-state index contributed by atoms with van der Waals surface area (Å²) in [7, 11) is 0. The highest BCUT2D eigenvalue weighted by molar-refractivity contribution is 4.73. The maximum absolute atomic E-state index is 5.44. The van der Waals surface area contributed by atoms with Crippen molar-refractivity contribution in [2.24, 2.45) is 0 Å². The van der Waals surface area contributed by atoms with Crippen LogP contribution in [0.4, 0.5) is 0 Å². The maximum Gasteiger partial charge on any atom is 0.0593 e. The van der Waals surface area contributed by atoms with E-state index in [1.54, 1.807) is 0 Å². The lowest BCUT2D eigenvalue weighted by atomic mass is 10.0. The first-order chi connectivity index (χ1) is 8.36. The SMILES string of the molecule is CCOCCN(CC)CC1CCCCCCN1. The fourth-order valence-corrected chi connectivity index (χ4v) is 2.46. The molecule has 0 spiro atoms. The highest BCUT2D eigenvalue weighted by Crippen LogP contribution is 2.10. The molecule has 0 aliphatic carbocycles. The predicted octanol–water partition coefficient (Wildman–Crippen LogP) is 2.27. The van der Waals surface area contributed by atoms with Crippen molar-refractivity contribution in [1.82, 2.24) is 10.2 Å². The first-order valence-corrected chi connectivity index (χ1v) is 7.40. The minimum absolute atomic E-state index is 0.692. The van der Waals surface area contributed by atoms with E-state index in [1.807, 2.05) is 0 Å². The monoisotopic (exact) mass is 242 g/mol. The van der Waals surface area contributed by atoms with Crippen molar-refractivity contribution in [3.8, 4) is 0 Å². The van der Waals surface area contributed by atoms with Crippen LogP contribution in [0, 0.1) is 0 Å². The summed E-state index contributed by atoms with van der Waals surface area (Å²) in [6.45, 7) is 10.6. The molecule has 102 valence electrons. The van der Waals surface area contributed by atoms with Crippen LogP contribution in [0.1, 0.15) is 46.0 Å². The molecule has 0 aromatic rings. The third-order valence-corrected chi connectivity index (χ3v) is 3.59. The van der Waals surface area contributed by atoms with Crippen LogP contribution < -0.4 is 5.32 Å². The second kappa shape index (κ2) is 9.86. The lowest BCUT2D eigenvalue weighted by Crippen LogP contribution is -2.43. The van der Waals surface area contributed by atoms with E-state index in [-0.39, 0.29) is 0 Å². The molecule has 1 rings (SSSR count). The molecule has 1 unspecified atom stereocenters. The first kappa shape index (κ1) is 14.9. The second-order valence-electron chi connectivity index (χ2n) is 4.94. The van der Waals surface area contributed by atoms with Crippen LogP contribution in [0.2, 0.25) is 0 Å². The van der Waals surface area contributed by atoms with Crippen molar-refractivity contribution in [3.63, 3.8) is 0 Å². The lowest BCUT2D eigenvalue weighted by molar-refractivity contribution is 0.110. The Hall–Kier alpha value is -0.120. The number of likely N-dealkylation sites (N-methyl/N-ethyl adjacent to an activating group) is 1. The van der Waals surface area contributed by atoms with Crippen LogP contribution in [0.5, 0.6) is 0 Å². The Morgan fingerprint density at radius 2 is 2.00 bits per heavy atom. The van der Waals surface area contributed by atoms with Gasteiger partial charge in [0.05, 0.1) is 6.61 Å². The maximum atomic E-state index is 5.44. The topological polar surface area (TPSA) is 24.5 Å². The molecule has 1 aliphatic heterocycles. The van der Waals surface area contributed by atoms with Crippen molar-refractivity contribution in [3.05, 3.63) is 0 Å². The Morgan fingerprint density at radius 3 is 2.76 bits per heavy atom. The molecule has 1 atom stereocenters. The Morgan fingerprint density at radius 1 is 1.18 bits per heavy atom. The Bertz CT molecular complexity index is 168. The van der Waals surface area contributed by atoms with Gasteiger partial charge in [-0.1, -0.05) is 26.2 Å². The van der Waals surface area contributed by atoms with Crippen LogP contribution in [0.25, 0.3) is 0 Å². The van der Waals surface area contributed by atoms with Crippen LogP contribution >= 0.6 is 0 Å². The molecule has 0 aromatic carbocycles. The summed E-state index contributed by atoms with van der Waals surface area (Å²) < 4.78 is 5.44. The zero-order valence-electron chi connectivity index (χ0n) is 11.7. The molecule has 1 aliphatic rings. The Balaban J connectivity index is 2.21. The van der Waals surface area contributed by atoms with Gasteiger partial charge in [0, 0.05) is 25.7 Å². The van der Waals surface area contributed by atoms with Gasteiger partial charge in [-0.15, -0.1) is 0 Å². The van der Waals surface area contributed by atoms with E-state index >= 15 is 0 Å². The predicted molar refractivity (Wildman–Crippen MR) is 73.5 cm³/mol. The molecule has 0 aromatic heterocycles. The lowest BCUT2D eigenvalue weighted by Gasteiger charge is -2.28. The average Bonchev–Trinajstić information content (AvgIpc) is 2.30. The van der Waals surface area contributed by atoms with Crippen molar-refractivity contribution in [2.75, 3.05) is 39.4 Å². The molecule has 0 amide bonds.